The molecule has 0 aromatic heterocycles. The lowest BCUT2D eigenvalue weighted by atomic mass is 10.2. The third kappa shape index (κ3) is 4.14. The Hall–Kier alpha value is -2.94. The number of hydrogen-bond acceptors (Lipinski definition) is 6. The van der Waals surface area contributed by atoms with Gasteiger partial charge in [0.15, 0.2) is 17.6 Å². The van der Waals surface area contributed by atoms with Crippen LogP contribution >= 0.6 is 0 Å². The molecule has 0 saturated heterocycles. The average molecular weight is 406 g/mol. The van der Waals surface area contributed by atoms with Crippen LogP contribution in [0.1, 0.15) is 20.8 Å². The summed E-state index contributed by atoms with van der Waals surface area (Å²) in [5.74, 6) is 1.02. The lowest BCUT2D eigenvalue weighted by Crippen LogP contribution is -2.34. The van der Waals surface area contributed by atoms with E-state index in [1.54, 1.807) is 32.0 Å². The van der Waals surface area contributed by atoms with Crippen molar-refractivity contribution in [2.75, 3.05) is 23.3 Å². The second-order valence-electron chi connectivity index (χ2n) is 6.04. The van der Waals surface area contributed by atoms with Gasteiger partial charge in [-0.15, -0.1) is 0 Å². The van der Waals surface area contributed by atoms with Crippen LogP contribution in [0.2, 0.25) is 0 Å². The van der Waals surface area contributed by atoms with Crippen molar-refractivity contribution >= 4 is 27.3 Å². The summed E-state index contributed by atoms with van der Waals surface area (Å²) in [7, 11) is -3.88. The van der Waals surface area contributed by atoms with Crippen molar-refractivity contribution in [3.63, 3.8) is 0 Å². The van der Waals surface area contributed by atoms with E-state index in [0.717, 1.165) is 0 Å². The molecule has 1 aliphatic rings. The number of nitrogens with one attached hydrogen (secondary N) is 2. The second-order valence-corrected chi connectivity index (χ2v) is 7.72. The number of amides is 1. The maximum Gasteiger partial charge on any atom is 0.265 e. The smallest absolute Gasteiger partial charge is 0.265 e. The predicted octanol–water partition coefficient (Wildman–Crippen LogP) is 3.00. The Morgan fingerprint density at radius 3 is 2.50 bits per heavy atom. The minimum atomic E-state index is -3.88. The summed E-state index contributed by atoms with van der Waals surface area (Å²) in [6.07, 6.45) is -0.601. The molecule has 0 unspecified atom stereocenters. The molecule has 28 heavy (non-hydrogen) atoms. The minimum Gasteiger partial charge on any atom is -0.490 e. The molecule has 0 spiro atoms. The van der Waals surface area contributed by atoms with Gasteiger partial charge in [-0.3, -0.25) is 9.52 Å². The van der Waals surface area contributed by atoms with Gasteiger partial charge in [-0.2, -0.15) is 0 Å². The van der Waals surface area contributed by atoms with Crippen LogP contribution in [0.15, 0.2) is 41.3 Å². The summed E-state index contributed by atoms with van der Waals surface area (Å²) in [4.78, 5) is 11.8. The van der Waals surface area contributed by atoms with E-state index in [1.807, 2.05) is 6.92 Å². The van der Waals surface area contributed by atoms with Crippen molar-refractivity contribution in [1.82, 2.24) is 0 Å². The zero-order valence-electron chi connectivity index (χ0n) is 15.8. The van der Waals surface area contributed by atoms with Gasteiger partial charge in [-0.1, -0.05) is 0 Å². The molecule has 0 bridgehead atoms. The van der Waals surface area contributed by atoms with Crippen molar-refractivity contribution in [3.05, 3.63) is 36.4 Å². The lowest BCUT2D eigenvalue weighted by molar-refractivity contribution is -0.122. The van der Waals surface area contributed by atoms with Crippen LogP contribution in [0.3, 0.4) is 0 Å². The van der Waals surface area contributed by atoms with Crippen LogP contribution in [0.5, 0.6) is 17.2 Å². The molecule has 2 N–H and O–H groups in total. The van der Waals surface area contributed by atoms with Crippen LogP contribution < -0.4 is 24.2 Å². The topological polar surface area (TPSA) is 103 Å². The van der Waals surface area contributed by atoms with Crippen LogP contribution in [0, 0.1) is 0 Å². The summed E-state index contributed by atoms with van der Waals surface area (Å²) < 4.78 is 44.5. The molecule has 1 atom stereocenters. The van der Waals surface area contributed by atoms with Crippen molar-refractivity contribution in [3.8, 4) is 17.2 Å². The average Bonchev–Trinajstić information content (AvgIpc) is 2.64. The molecular weight excluding hydrogens is 384 g/mol. The Labute approximate surface area is 163 Å². The van der Waals surface area contributed by atoms with Crippen LogP contribution in [0.25, 0.3) is 0 Å². The third-order valence-electron chi connectivity index (χ3n) is 3.99. The first-order chi connectivity index (χ1) is 13.3. The molecule has 2 aromatic rings. The van der Waals surface area contributed by atoms with Gasteiger partial charge in [0.1, 0.15) is 5.75 Å². The summed E-state index contributed by atoms with van der Waals surface area (Å²) >= 11 is 0. The Morgan fingerprint density at radius 2 is 1.79 bits per heavy atom. The number of sulfonamides is 1. The highest BCUT2D eigenvalue weighted by Gasteiger charge is 2.24. The molecule has 150 valence electrons. The van der Waals surface area contributed by atoms with E-state index >= 15 is 0 Å². The van der Waals surface area contributed by atoms with E-state index in [-0.39, 0.29) is 10.8 Å². The zero-order valence-corrected chi connectivity index (χ0v) is 16.6. The van der Waals surface area contributed by atoms with Crippen LogP contribution in [-0.4, -0.2) is 33.6 Å². The number of benzene rings is 2. The van der Waals surface area contributed by atoms with Gasteiger partial charge in [0.05, 0.1) is 29.5 Å². The lowest BCUT2D eigenvalue weighted by Gasteiger charge is -2.23. The van der Waals surface area contributed by atoms with Crippen molar-refractivity contribution in [1.29, 1.82) is 0 Å². The molecule has 1 heterocycles. The quantitative estimate of drug-likeness (QED) is 0.733. The highest BCUT2D eigenvalue weighted by Crippen LogP contribution is 2.34. The van der Waals surface area contributed by atoms with Gasteiger partial charge in [-0.25, -0.2) is 8.42 Å². The molecule has 2 aromatic carbocycles. The summed E-state index contributed by atoms with van der Waals surface area (Å²) in [6, 6.07) is 9.11. The number of hydrogen-bond donors (Lipinski definition) is 2. The molecule has 0 saturated carbocycles. The van der Waals surface area contributed by atoms with Crippen molar-refractivity contribution in [2.24, 2.45) is 0 Å². The molecule has 3 rings (SSSR count). The van der Waals surface area contributed by atoms with E-state index in [2.05, 4.69) is 10.0 Å². The fraction of sp³-hybridized carbons (Fsp3) is 0.316. The number of rotatable bonds is 7. The monoisotopic (exact) mass is 406 g/mol. The Morgan fingerprint density at radius 1 is 1.07 bits per heavy atom. The van der Waals surface area contributed by atoms with E-state index in [9.17, 15) is 13.2 Å². The zero-order chi connectivity index (χ0) is 20.3. The van der Waals surface area contributed by atoms with E-state index in [0.29, 0.717) is 41.8 Å². The van der Waals surface area contributed by atoms with Crippen LogP contribution in [0.4, 0.5) is 11.4 Å². The molecule has 1 aliphatic heterocycles. The molecule has 1 amide bonds. The van der Waals surface area contributed by atoms with Gasteiger partial charge in [0, 0.05) is 6.07 Å². The van der Waals surface area contributed by atoms with Crippen molar-refractivity contribution < 1.29 is 27.4 Å². The SMILES string of the molecule is CCOc1ccc(S(=O)(=O)Nc2ccc3c(c2)NC(=O)[C@H](C)O3)cc1OCC. The molecule has 8 nitrogen and oxygen atoms in total. The fourth-order valence-electron chi connectivity index (χ4n) is 2.68. The minimum absolute atomic E-state index is 0.0334. The normalized spacial score (nSPS) is 15.8. The summed E-state index contributed by atoms with van der Waals surface area (Å²) in [5, 5.41) is 2.69. The molecule has 0 aliphatic carbocycles. The van der Waals surface area contributed by atoms with Gasteiger partial charge in [0.25, 0.3) is 15.9 Å². The van der Waals surface area contributed by atoms with Gasteiger partial charge >= 0.3 is 0 Å². The molecule has 9 heteroatoms. The maximum absolute atomic E-state index is 12.8. The molecule has 0 radical (unpaired) electrons. The highest BCUT2D eigenvalue weighted by atomic mass is 32.2. The Balaban J connectivity index is 1.87. The molecule has 0 fully saturated rings. The first kappa shape index (κ1) is 19.8. The van der Waals surface area contributed by atoms with E-state index in [1.165, 1.54) is 18.2 Å². The maximum atomic E-state index is 12.8. The number of carbonyl (C=O) groups excluding carboxylic acids is 1. The Bertz CT molecular complexity index is 990. The summed E-state index contributed by atoms with van der Waals surface area (Å²) in [6.45, 7) is 6.09. The van der Waals surface area contributed by atoms with Crippen LogP contribution in [-0.2, 0) is 14.8 Å². The predicted molar refractivity (Wildman–Crippen MR) is 105 cm³/mol. The number of fused-ring (bicyclic) bond motifs is 1. The second kappa shape index (κ2) is 7.97. The van der Waals surface area contributed by atoms with Gasteiger partial charge < -0.3 is 19.5 Å². The van der Waals surface area contributed by atoms with Gasteiger partial charge in [0.2, 0.25) is 0 Å². The third-order valence-corrected chi connectivity index (χ3v) is 5.37. The number of ether oxygens (including phenoxy) is 3. The van der Waals surface area contributed by atoms with Crippen molar-refractivity contribution in [2.45, 2.75) is 31.8 Å². The fourth-order valence-corrected chi connectivity index (χ4v) is 3.75. The number of anilines is 2. The summed E-state index contributed by atoms with van der Waals surface area (Å²) in [5.41, 5.74) is 0.703. The largest absolute Gasteiger partial charge is 0.490 e. The standard InChI is InChI=1S/C19H22N2O6S/c1-4-25-17-9-7-14(11-18(17)26-5-2)28(23,24)21-13-6-8-16-15(10-13)20-19(22)12(3)27-16/h6-12,21H,4-5H2,1-3H3,(H,20,22)/t12-/m0/s1. The Kier molecular flexibility index (Phi) is 5.64. The highest BCUT2D eigenvalue weighted by molar-refractivity contribution is 7.92. The number of carbonyl (C=O) groups is 1. The molecular formula is C19H22N2O6S. The van der Waals surface area contributed by atoms with E-state index < -0.39 is 16.1 Å². The van der Waals surface area contributed by atoms with E-state index in [4.69, 9.17) is 14.2 Å². The first-order valence-corrected chi connectivity index (χ1v) is 10.4. The first-order valence-electron chi connectivity index (χ1n) is 8.88. The van der Waals surface area contributed by atoms with Gasteiger partial charge in [-0.05, 0) is 51.1 Å².